The second-order valence-electron chi connectivity index (χ2n) is 12.4. The lowest BCUT2D eigenvalue weighted by molar-refractivity contribution is -0.186. The summed E-state index contributed by atoms with van der Waals surface area (Å²) in [6.07, 6.45) is 7.18. The summed E-state index contributed by atoms with van der Waals surface area (Å²) in [4.78, 5) is 43.3. The fourth-order valence-corrected chi connectivity index (χ4v) is 6.77. The normalized spacial score (nSPS) is 18.7. The molecule has 3 fully saturated rings. The molecule has 0 unspecified atom stereocenters. The van der Waals surface area contributed by atoms with Gasteiger partial charge in [-0.05, 0) is 67.5 Å². The summed E-state index contributed by atoms with van der Waals surface area (Å²) in [5.74, 6) is 0.781. The Kier molecular flexibility index (Phi) is 7.73. The first-order valence-electron chi connectivity index (χ1n) is 15.6. The van der Waals surface area contributed by atoms with Gasteiger partial charge in [0.15, 0.2) is 17.1 Å². The molecule has 0 atom stereocenters. The van der Waals surface area contributed by atoms with Crippen molar-refractivity contribution in [3.63, 3.8) is 0 Å². The maximum Gasteiger partial charge on any atom is 0.409 e. The fourth-order valence-electron chi connectivity index (χ4n) is 6.77. The van der Waals surface area contributed by atoms with Gasteiger partial charge in [0, 0.05) is 43.8 Å². The number of allylic oxidation sites excluding steroid dienone is 1. The molecule has 4 aromatic rings. The molecule has 3 aliphatic rings. The van der Waals surface area contributed by atoms with Crippen molar-refractivity contribution >= 4 is 34.4 Å². The molecule has 1 spiro atoms. The van der Waals surface area contributed by atoms with E-state index in [1.54, 1.807) is 29.0 Å². The highest BCUT2D eigenvalue weighted by atomic mass is 16.5. The van der Waals surface area contributed by atoms with Gasteiger partial charge in [-0.2, -0.15) is 4.98 Å². The highest BCUT2D eigenvalue weighted by Gasteiger charge is 2.40. The molecule has 46 heavy (non-hydrogen) atoms. The molecule has 3 saturated heterocycles. The van der Waals surface area contributed by atoms with Gasteiger partial charge in [-0.1, -0.05) is 12.1 Å². The minimum absolute atomic E-state index is 0.167. The molecule has 13 heteroatoms. The van der Waals surface area contributed by atoms with Crippen LogP contribution in [-0.2, 0) is 21.6 Å². The van der Waals surface area contributed by atoms with Crippen LogP contribution in [-0.4, -0.2) is 86.9 Å². The molecule has 1 amide bonds. The summed E-state index contributed by atoms with van der Waals surface area (Å²) >= 11 is 0. The molecule has 6 heterocycles. The zero-order chi connectivity index (χ0) is 31.9. The lowest BCUT2D eigenvalue weighted by Crippen LogP contribution is -2.48. The van der Waals surface area contributed by atoms with Crippen LogP contribution in [0.5, 0.6) is 0 Å². The molecule has 0 aliphatic carbocycles. The van der Waals surface area contributed by atoms with Crippen LogP contribution in [0.3, 0.4) is 0 Å². The number of hydrogen-bond acceptors (Lipinski definition) is 10. The third kappa shape index (κ3) is 5.39. The number of aliphatic hydroxyl groups is 1. The number of rotatable bonds is 7. The molecular formula is C33H38N8O5. The van der Waals surface area contributed by atoms with Gasteiger partial charge in [0.25, 0.3) is 5.56 Å². The van der Waals surface area contributed by atoms with Gasteiger partial charge in [-0.15, -0.1) is 6.58 Å². The lowest BCUT2D eigenvalue weighted by Gasteiger charge is -2.47. The second kappa shape index (κ2) is 11.9. The molecular weight excluding hydrogens is 588 g/mol. The van der Waals surface area contributed by atoms with Crippen LogP contribution in [0.2, 0.25) is 0 Å². The molecule has 7 rings (SSSR count). The van der Waals surface area contributed by atoms with Crippen molar-refractivity contribution in [3.05, 3.63) is 77.4 Å². The number of anilines is 3. The Hall–Kier alpha value is -4.75. The second-order valence-corrected chi connectivity index (χ2v) is 12.4. The van der Waals surface area contributed by atoms with Crippen LogP contribution in [0.15, 0.2) is 66.1 Å². The minimum Gasteiger partial charge on any atom is -0.453 e. The number of amides is 1. The van der Waals surface area contributed by atoms with E-state index in [9.17, 15) is 14.7 Å². The molecule has 2 N–H and O–H groups in total. The van der Waals surface area contributed by atoms with Crippen molar-refractivity contribution in [2.24, 2.45) is 5.41 Å². The van der Waals surface area contributed by atoms with E-state index in [4.69, 9.17) is 14.5 Å². The number of carbonyl (C=O) groups is 1. The predicted molar refractivity (Wildman–Crippen MR) is 173 cm³/mol. The number of methoxy groups -OCH3 is 1. The maximum absolute atomic E-state index is 13.3. The SMILES string of the molecule is C=CCn1c(=O)c2cnc(Nc3ccc(N4CCC5(CCN(C(=O)OC)CC5)CC4)cc3)nc2n1-c1cccc(C2(O)COC2)n1. The number of piperidine rings is 2. The number of aromatic nitrogens is 5. The molecule has 240 valence electrons. The smallest absolute Gasteiger partial charge is 0.409 e. The molecule has 0 saturated carbocycles. The number of likely N-dealkylation sites (tertiary alicyclic amines) is 1. The summed E-state index contributed by atoms with van der Waals surface area (Å²) in [6, 6.07) is 13.5. The van der Waals surface area contributed by atoms with Gasteiger partial charge >= 0.3 is 6.09 Å². The number of nitrogens with zero attached hydrogens (tertiary/aromatic N) is 7. The van der Waals surface area contributed by atoms with Crippen molar-refractivity contribution in [2.45, 2.75) is 37.8 Å². The summed E-state index contributed by atoms with van der Waals surface area (Å²) in [5, 5.41) is 14.4. The Morgan fingerprint density at radius 2 is 1.78 bits per heavy atom. The van der Waals surface area contributed by atoms with Gasteiger partial charge in [-0.25, -0.2) is 24.1 Å². The Morgan fingerprint density at radius 1 is 1.07 bits per heavy atom. The fraction of sp³-hybridized carbons (Fsp3) is 0.424. The minimum atomic E-state index is -1.16. The zero-order valence-corrected chi connectivity index (χ0v) is 25.9. The first-order chi connectivity index (χ1) is 22.3. The summed E-state index contributed by atoms with van der Waals surface area (Å²) in [5.41, 5.74) is 1.71. The van der Waals surface area contributed by atoms with E-state index < -0.39 is 5.60 Å². The van der Waals surface area contributed by atoms with E-state index >= 15 is 0 Å². The Bertz CT molecular complexity index is 1810. The largest absolute Gasteiger partial charge is 0.453 e. The third-order valence-electron chi connectivity index (χ3n) is 9.66. The molecule has 3 aliphatic heterocycles. The van der Waals surface area contributed by atoms with Crippen LogP contribution < -0.4 is 15.8 Å². The highest BCUT2D eigenvalue weighted by Crippen LogP contribution is 2.42. The van der Waals surface area contributed by atoms with Crippen molar-refractivity contribution in [1.82, 2.24) is 29.2 Å². The Balaban J connectivity index is 1.08. The first kappa shape index (κ1) is 29.9. The zero-order valence-electron chi connectivity index (χ0n) is 25.9. The monoisotopic (exact) mass is 626 g/mol. The number of benzene rings is 1. The quantitative estimate of drug-likeness (QED) is 0.293. The average Bonchev–Trinajstić information content (AvgIpc) is 3.34. The average molecular weight is 627 g/mol. The number of carbonyl (C=O) groups excluding carboxylic acids is 1. The first-order valence-corrected chi connectivity index (χ1v) is 15.6. The Labute approximate surface area is 266 Å². The number of pyridine rings is 1. The van der Waals surface area contributed by atoms with E-state index in [2.05, 4.69) is 38.9 Å². The number of nitrogens with one attached hydrogen (secondary N) is 1. The summed E-state index contributed by atoms with van der Waals surface area (Å²) < 4.78 is 13.3. The topological polar surface area (TPSA) is 140 Å². The molecule has 0 radical (unpaired) electrons. The lowest BCUT2D eigenvalue weighted by atomic mass is 9.71. The molecule has 3 aromatic heterocycles. The van der Waals surface area contributed by atoms with Crippen molar-refractivity contribution in [3.8, 4) is 5.82 Å². The summed E-state index contributed by atoms with van der Waals surface area (Å²) in [6.45, 7) is 7.86. The van der Waals surface area contributed by atoms with Crippen LogP contribution in [0.25, 0.3) is 16.9 Å². The number of ether oxygens (including phenoxy) is 2. The molecule has 13 nitrogen and oxygen atoms in total. The van der Waals surface area contributed by atoms with Crippen LogP contribution >= 0.6 is 0 Å². The van der Waals surface area contributed by atoms with E-state index in [0.29, 0.717) is 33.9 Å². The van der Waals surface area contributed by atoms with E-state index in [1.807, 2.05) is 17.0 Å². The standard InChI is InChI=1S/C33H38N8O5/c1-3-15-40-29(42)25-20-34-30(37-28(25)41(40)27-6-4-5-26(36-27)33(44)21-46-22-33)35-23-7-9-24(10-8-23)38-16-11-32(12-17-38)13-18-39(19-14-32)31(43)45-2/h3-10,20,44H,1,11-19,21-22H2,2H3,(H,34,35,37). The van der Waals surface area contributed by atoms with E-state index in [-0.39, 0.29) is 31.4 Å². The van der Waals surface area contributed by atoms with Gasteiger partial charge in [0.2, 0.25) is 5.95 Å². The van der Waals surface area contributed by atoms with Crippen molar-refractivity contribution in [2.75, 3.05) is 56.7 Å². The Morgan fingerprint density at radius 3 is 2.43 bits per heavy atom. The van der Waals surface area contributed by atoms with Gasteiger partial charge < -0.3 is 29.7 Å². The van der Waals surface area contributed by atoms with E-state index in [1.165, 1.54) is 18.0 Å². The predicted octanol–water partition coefficient (Wildman–Crippen LogP) is 3.57. The van der Waals surface area contributed by atoms with Gasteiger partial charge in [0.05, 0.1) is 32.6 Å². The van der Waals surface area contributed by atoms with Crippen LogP contribution in [0.1, 0.15) is 31.4 Å². The number of hydrogen-bond donors (Lipinski definition) is 2. The van der Waals surface area contributed by atoms with Crippen LogP contribution in [0.4, 0.5) is 22.1 Å². The molecule has 0 bridgehead atoms. The number of fused-ring (bicyclic) bond motifs is 1. The van der Waals surface area contributed by atoms with Gasteiger partial charge in [-0.3, -0.25) is 4.79 Å². The maximum atomic E-state index is 13.3. The van der Waals surface area contributed by atoms with Crippen molar-refractivity contribution < 1.29 is 19.4 Å². The van der Waals surface area contributed by atoms with Crippen molar-refractivity contribution in [1.29, 1.82) is 0 Å². The summed E-state index contributed by atoms with van der Waals surface area (Å²) in [7, 11) is 1.44. The molecule has 1 aromatic carbocycles. The van der Waals surface area contributed by atoms with Crippen LogP contribution in [0, 0.1) is 5.41 Å². The van der Waals surface area contributed by atoms with Gasteiger partial charge in [0.1, 0.15) is 5.39 Å². The third-order valence-corrected chi connectivity index (χ3v) is 9.66. The highest BCUT2D eigenvalue weighted by molar-refractivity contribution is 5.77. The van der Waals surface area contributed by atoms with E-state index in [0.717, 1.165) is 63.2 Å².